The Morgan fingerprint density at radius 2 is 2.58 bits per heavy atom. The molecule has 0 fully saturated rings. The van der Waals surface area contributed by atoms with E-state index in [0.29, 0.717) is 0 Å². The number of allylic oxidation sites excluding steroid dienone is 2. The minimum Gasteiger partial charge on any atom is -0.468 e. The van der Waals surface area contributed by atoms with E-state index in [2.05, 4.69) is 15.8 Å². The SMILES string of the molecule is COC(=O)CN=C1C=CCCC1. The molecular formula is C9H13NO2. The molecule has 0 spiro atoms. The minimum absolute atomic E-state index is 0.149. The first-order chi connectivity index (χ1) is 5.83. The average Bonchev–Trinajstić information content (AvgIpc) is 2.16. The van der Waals surface area contributed by atoms with Gasteiger partial charge >= 0.3 is 5.97 Å². The smallest absolute Gasteiger partial charge is 0.327 e. The summed E-state index contributed by atoms with van der Waals surface area (Å²) in [6.45, 7) is 0.149. The van der Waals surface area contributed by atoms with E-state index in [1.807, 2.05) is 6.08 Å². The van der Waals surface area contributed by atoms with Gasteiger partial charge in [-0.25, -0.2) is 0 Å². The quantitative estimate of drug-likeness (QED) is 0.582. The molecule has 1 aliphatic rings. The van der Waals surface area contributed by atoms with Crippen molar-refractivity contribution in [2.45, 2.75) is 19.3 Å². The van der Waals surface area contributed by atoms with Crippen molar-refractivity contribution in [3.63, 3.8) is 0 Å². The first kappa shape index (κ1) is 8.97. The van der Waals surface area contributed by atoms with Gasteiger partial charge in [-0.3, -0.25) is 9.79 Å². The van der Waals surface area contributed by atoms with Crippen LogP contribution in [0.3, 0.4) is 0 Å². The molecule has 0 aromatic carbocycles. The van der Waals surface area contributed by atoms with Gasteiger partial charge in [-0.2, -0.15) is 0 Å². The highest BCUT2D eigenvalue weighted by molar-refractivity contribution is 5.96. The Bertz CT molecular complexity index is 219. The van der Waals surface area contributed by atoms with Crippen LogP contribution in [-0.4, -0.2) is 25.3 Å². The van der Waals surface area contributed by atoms with Gasteiger partial charge in [0.15, 0.2) is 0 Å². The molecule has 0 aromatic heterocycles. The van der Waals surface area contributed by atoms with Gasteiger partial charge in [0.25, 0.3) is 0 Å². The summed E-state index contributed by atoms with van der Waals surface area (Å²) < 4.78 is 4.47. The van der Waals surface area contributed by atoms with Crippen molar-refractivity contribution in [3.8, 4) is 0 Å². The predicted octanol–water partition coefficient (Wildman–Crippen LogP) is 1.34. The van der Waals surface area contributed by atoms with E-state index in [1.54, 1.807) is 0 Å². The monoisotopic (exact) mass is 167 g/mol. The number of esters is 1. The van der Waals surface area contributed by atoms with Gasteiger partial charge in [-0.1, -0.05) is 6.08 Å². The molecule has 0 amide bonds. The molecule has 66 valence electrons. The Kier molecular flexibility index (Phi) is 3.51. The lowest BCUT2D eigenvalue weighted by molar-refractivity contribution is -0.138. The molecular weight excluding hydrogens is 154 g/mol. The van der Waals surface area contributed by atoms with Crippen molar-refractivity contribution in [3.05, 3.63) is 12.2 Å². The largest absolute Gasteiger partial charge is 0.468 e. The molecule has 0 bridgehead atoms. The Labute approximate surface area is 72.1 Å². The number of hydrogen-bond donors (Lipinski definition) is 0. The highest BCUT2D eigenvalue weighted by Gasteiger charge is 2.02. The summed E-state index contributed by atoms with van der Waals surface area (Å²) in [5.74, 6) is -0.276. The fourth-order valence-electron chi connectivity index (χ4n) is 1.07. The van der Waals surface area contributed by atoms with Crippen LogP contribution in [0, 0.1) is 0 Å². The maximum absolute atomic E-state index is 10.7. The lowest BCUT2D eigenvalue weighted by atomic mass is 10.1. The topological polar surface area (TPSA) is 38.7 Å². The minimum atomic E-state index is -0.276. The summed E-state index contributed by atoms with van der Waals surface area (Å²) >= 11 is 0. The third-order valence-corrected chi connectivity index (χ3v) is 1.75. The van der Waals surface area contributed by atoms with Crippen LogP contribution in [-0.2, 0) is 9.53 Å². The molecule has 1 rings (SSSR count). The molecule has 0 aliphatic heterocycles. The number of methoxy groups -OCH3 is 1. The second-order valence-electron chi connectivity index (χ2n) is 2.68. The summed E-state index contributed by atoms with van der Waals surface area (Å²) in [7, 11) is 1.37. The lowest BCUT2D eigenvalue weighted by Crippen LogP contribution is -2.08. The molecule has 3 heteroatoms. The fraction of sp³-hybridized carbons (Fsp3) is 0.556. The van der Waals surface area contributed by atoms with Crippen LogP contribution in [0.5, 0.6) is 0 Å². The standard InChI is InChI=1S/C9H13NO2/c1-12-9(11)7-10-8-5-3-2-4-6-8/h3,5H,2,4,6-7H2,1H3. The highest BCUT2D eigenvalue weighted by atomic mass is 16.5. The number of carbonyl (C=O) groups excluding carboxylic acids is 1. The molecule has 3 nitrogen and oxygen atoms in total. The van der Waals surface area contributed by atoms with Gasteiger partial charge in [0.1, 0.15) is 6.54 Å². The van der Waals surface area contributed by atoms with Gasteiger partial charge in [0.05, 0.1) is 7.11 Å². The molecule has 0 saturated carbocycles. The molecule has 0 saturated heterocycles. The van der Waals surface area contributed by atoms with E-state index < -0.39 is 0 Å². The number of hydrogen-bond acceptors (Lipinski definition) is 3. The third-order valence-electron chi connectivity index (χ3n) is 1.75. The summed E-state index contributed by atoms with van der Waals surface area (Å²) in [6.07, 6.45) is 7.30. The van der Waals surface area contributed by atoms with Crippen LogP contribution in [0.4, 0.5) is 0 Å². The lowest BCUT2D eigenvalue weighted by Gasteiger charge is -2.04. The van der Waals surface area contributed by atoms with Gasteiger partial charge in [-0.15, -0.1) is 0 Å². The van der Waals surface area contributed by atoms with Crippen LogP contribution in [0.15, 0.2) is 17.1 Å². The summed E-state index contributed by atoms with van der Waals surface area (Å²) in [5, 5.41) is 0. The first-order valence-corrected chi connectivity index (χ1v) is 4.09. The van der Waals surface area contributed by atoms with Crippen molar-refractivity contribution in [2.24, 2.45) is 4.99 Å². The van der Waals surface area contributed by atoms with Crippen molar-refractivity contribution in [2.75, 3.05) is 13.7 Å². The van der Waals surface area contributed by atoms with Gasteiger partial charge in [0.2, 0.25) is 0 Å². The molecule has 0 unspecified atom stereocenters. The number of aliphatic imine (C=N–C) groups is 1. The number of nitrogens with zero attached hydrogens (tertiary/aromatic N) is 1. The molecule has 0 atom stereocenters. The zero-order chi connectivity index (χ0) is 8.81. The van der Waals surface area contributed by atoms with Crippen molar-refractivity contribution >= 4 is 11.7 Å². The normalized spacial score (nSPS) is 19.6. The van der Waals surface area contributed by atoms with E-state index in [-0.39, 0.29) is 12.5 Å². The Balaban J connectivity index is 2.40. The van der Waals surface area contributed by atoms with Gasteiger partial charge in [0, 0.05) is 5.71 Å². The number of ether oxygens (including phenoxy) is 1. The van der Waals surface area contributed by atoms with Crippen molar-refractivity contribution < 1.29 is 9.53 Å². The van der Waals surface area contributed by atoms with Gasteiger partial charge in [-0.05, 0) is 25.3 Å². The number of carbonyl (C=O) groups is 1. The summed E-state index contributed by atoms with van der Waals surface area (Å²) in [6, 6.07) is 0. The zero-order valence-electron chi connectivity index (χ0n) is 7.25. The Morgan fingerprint density at radius 3 is 3.17 bits per heavy atom. The maximum atomic E-state index is 10.7. The molecule has 0 aromatic rings. The maximum Gasteiger partial charge on any atom is 0.327 e. The molecule has 12 heavy (non-hydrogen) atoms. The summed E-state index contributed by atoms with van der Waals surface area (Å²) in [4.78, 5) is 14.8. The molecule has 0 heterocycles. The zero-order valence-corrected chi connectivity index (χ0v) is 7.25. The van der Waals surface area contributed by atoms with E-state index >= 15 is 0 Å². The average molecular weight is 167 g/mol. The van der Waals surface area contributed by atoms with Crippen LogP contribution >= 0.6 is 0 Å². The second-order valence-corrected chi connectivity index (χ2v) is 2.68. The molecule has 1 aliphatic carbocycles. The van der Waals surface area contributed by atoms with Crippen LogP contribution in [0.2, 0.25) is 0 Å². The molecule has 0 N–H and O–H groups in total. The van der Waals surface area contributed by atoms with Crippen molar-refractivity contribution in [1.29, 1.82) is 0 Å². The van der Waals surface area contributed by atoms with E-state index in [0.717, 1.165) is 25.0 Å². The Hall–Kier alpha value is -1.12. The van der Waals surface area contributed by atoms with Gasteiger partial charge < -0.3 is 4.74 Å². The van der Waals surface area contributed by atoms with Crippen molar-refractivity contribution in [1.82, 2.24) is 0 Å². The van der Waals surface area contributed by atoms with Crippen LogP contribution < -0.4 is 0 Å². The Morgan fingerprint density at radius 1 is 1.75 bits per heavy atom. The van der Waals surface area contributed by atoms with E-state index in [9.17, 15) is 4.79 Å². The predicted molar refractivity (Wildman–Crippen MR) is 47.3 cm³/mol. The number of rotatable bonds is 2. The highest BCUT2D eigenvalue weighted by Crippen LogP contribution is 2.07. The van der Waals surface area contributed by atoms with E-state index in [4.69, 9.17) is 0 Å². The summed E-state index contributed by atoms with van der Waals surface area (Å²) in [5.41, 5.74) is 1.01. The fourth-order valence-corrected chi connectivity index (χ4v) is 1.07. The van der Waals surface area contributed by atoms with Crippen LogP contribution in [0.25, 0.3) is 0 Å². The third kappa shape index (κ3) is 2.86. The first-order valence-electron chi connectivity index (χ1n) is 4.09. The second kappa shape index (κ2) is 4.70. The molecule has 0 radical (unpaired) electrons. The van der Waals surface area contributed by atoms with E-state index in [1.165, 1.54) is 7.11 Å². The van der Waals surface area contributed by atoms with Crippen LogP contribution in [0.1, 0.15) is 19.3 Å².